The number of hydrogen-bond donors (Lipinski definition) is 0. The summed E-state index contributed by atoms with van der Waals surface area (Å²) in [6.07, 6.45) is -30.9. The van der Waals surface area contributed by atoms with Crippen molar-refractivity contribution < 1.29 is 60.6 Å². The molecule has 10 rings (SSSR count). The first-order chi connectivity index (χ1) is 47.7. The maximum Gasteiger partial charge on any atom is 0.144 e. The van der Waals surface area contributed by atoms with Crippen LogP contribution in [-0.4, -0.2) is 15.0 Å². The summed E-state index contributed by atoms with van der Waals surface area (Å²) in [6.45, 7) is 0. The van der Waals surface area contributed by atoms with Crippen molar-refractivity contribution >= 4 is 21.9 Å². The highest BCUT2D eigenvalue weighted by Crippen LogP contribution is 2.41. The van der Waals surface area contributed by atoms with Gasteiger partial charge in [-0.25, -0.2) is 0 Å². The summed E-state index contributed by atoms with van der Waals surface area (Å²) in [5.41, 5.74) is -19.2. The lowest BCUT2D eigenvalue weighted by Gasteiger charge is -2.12. The summed E-state index contributed by atoms with van der Waals surface area (Å²) in [7, 11) is 0. The Kier molecular flexibility index (Phi) is 4.16. The van der Waals surface area contributed by atoms with Gasteiger partial charge in [-0.3, -0.25) is 15.0 Å². The Balaban J connectivity index is 1.24. The van der Waals surface area contributed by atoms with Crippen molar-refractivity contribution in [2.45, 2.75) is 38.2 Å². The molecule has 0 saturated carbocycles. The summed E-state index contributed by atoms with van der Waals surface area (Å²) in [5, 5.41) is 9.20. The van der Waals surface area contributed by atoms with Crippen LogP contribution in [0.2, 0.25) is 0 Å². The van der Waals surface area contributed by atoms with Crippen LogP contribution >= 0.6 is 0 Å². The van der Waals surface area contributed by atoms with Crippen molar-refractivity contribution in [2.75, 3.05) is 0 Å². The minimum absolute atomic E-state index is 0.597. The SMILES string of the molecule is [2H]c1cc(-c2nc([2H])c(C([2H])([2H])C([2H])([2H])c3c([2H])c(C([2H])([2H])C([2H])([2H])c4c([2H])nc(-c5cc([2H])c([2H])c([2H])c5[2H])c([2H])c4[2H])c([2H])c(C([2H])([2H])C([2H])([2H])c4c([2H])nc(-c5cc([2H])c([2H])c6c5oc5c(-c7c([2H])c([2H])c([2H])c([2H])c7[2H])c(C#N)c([2H])c([2H])c56)c([2H])c4[2H])c3[2H])c([2H])c2[2H])c([2H])c([2H])c1[2H]. The Labute approximate surface area is 425 Å². The number of rotatable bonds is 13. The molecule has 0 radical (unpaired) electrons. The van der Waals surface area contributed by atoms with Crippen LogP contribution in [0.1, 0.15) is 95.1 Å². The highest BCUT2D eigenvalue weighted by Gasteiger charge is 2.19. The highest BCUT2D eigenvalue weighted by atomic mass is 16.3. The summed E-state index contributed by atoms with van der Waals surface area (Å²) in [6, 6.07) is -25.2. The molecule has 0 fully saturated rings. The molecule has 0 N–H and O–H groups in total. The number of nitriles is 1. The lowest BCUT2D eigenvalue weighted by Crippen LogP contribution is -2.00. The molecule has 302 valence electrons. The van der Waals surface area contributed by atoms with Crippen molar-refractivity contribution in [3.05, 3.63) is 233 Å². The number of para-hydroxylation sites is 1. The van der Waals surface area contributed by atoms with Gasteiger partial charge in [0.05, 0.1) is 68.5 Å². The van der Waals surface area contributed by atoms with E-state index in [0.29, 0.717) is 0 Å². The predicted molar refractivity (Wildman–Crippen MR) is 255 cm³/mol. The zero-order valence-corrected chi connectivity index (χ0v) is 31.4. The second-order valence-electron chi connectivity index (χ2n) is 12.4. The molecule has 0 bridgehead atoms. The fourth-order valence-electron chi connectivity index (χ4n) is 5.73. The van der Waals surface area contributed by atoms with Gasteiger partial charge in [0.15, 0.2) is 0 Å². The lowest BCUT2D eigenvalue weighted by atomic mass is 9.94. The molecule has 63 heavy (non-hydrogen) atoms. The van der Waals surface area contributed by atoms with E-state index in [4.69, 9.17) is 35.9 Å². The molecule has 5 heteroatoms. The zero-order valence-electron chi connectivity index (χ0n) is 72.4. The monoisotopic (exact) mass is 854 g/mol. The first-order valence-corrected chi connectivity index (χ1v) is 18.0. The van der Waals surface area contributed by atoms with E-state index in [2.05, 4.69) is 15.0 Å². The van der Waals surface area contributed by atoms with Crippen LogP contribution in [0.25, 0.3) is 66.8 Å². The Bertz CT molecular complexity index is 5340. The standard InChI is InChI=1S/C58H44N4O/c59-36-49-28-29-51-50-17-10-18-52(57(50)63-58(51)56(49)48-15-8-3-9-16-48)55-32-27-42(39-62-55)21-24-45-34-43(22-19-40-25-30-53(60-37-40)46-11-4-1-5-12-46)33-44(35-45)23-20-41-26-31-54(61-38-41)47-13-6-2-7-14-47/h1-18,25-35,37-39H,19-24H2/i1D,2D,3D,4D,5D,6D,7D,8D,9D,10D,11D,13D,15D,16D,17D,19D2,20D2,21D2,22D2,23D2,24D2,25D,26D,27D,28D,29D,30D,31D,32D,33D,34D,35D,37D,38D,39D. The third-order valence-electron chi connectivity index (χ3n) is 8.52. The fraction of sp³-hybridized carbons (Fsp3) is 0.103. The summed E-state index contributed by atoms with van der Waals surface area (Å²) < 4.78 is 374. The van der Waals surface area contributed by atoms with E-state index in [1.807, 2.05) is 0 Å². The van der Waals surface area contributed by atoms with Gasteiger partial charge in [0.2, 0.25) is 0 Å². The van der Waals surface area contributed by atoms with E-state index >= 15 is 0 Å². The van der Waals surface area contributed by atoms with E-state index in [1.54, 1.807) is 6.07 Å². The maximum atomic E-state index is 10.4. The Morgan fingerprint density at radius 1 is 0.444 bits per heavy atom. The smallest absolute Gasteiger partial charge is 0.144 e. The second-order valence-corrected chi connectivity index (χ2v) is 12.4. The first-order valence-electron chi connectivity index (χ1n) is 38.5. The van der Waals surface area contributed by atoms with E-state index in [9.17, 15) is 29.9 Å². The van der Waals surface area contributed by atoms with Crippen LogP contribution < -0.4 is 0 Å². The lowest BCUT2D eigenvalue weighted by molar-refractivity contribution is 0.670. The molecular weight excluding hydrogens is 769 g/mol. The van der Waals surface area contributed by atoms with Crippen molar-refractivity contribution in [2.24, 2.45) is 0 Å². The molecule has 4 heterocycles. The van der Waals surface area contributed by atoms with Crippen LogP contribution in [0, 0.1) is 11.3 Å². The molecule has 0 spiro atoms. The van der Waals surface area contributed by atoms with E-state index in [1.165, 1.54) is 0 Å². The van der Waals surface area contributed by atoms with Crippen LogP contribution in [-0.2, 0) is 38.2 Å². The largest absolute Gasteiger partial charge is 0.455 e. The van der Waals surface area contributed by atoms with Gasteiger partial charge < -0.3 is 4.42 Å². The van der Waals surface area contributed by atoms with Crippen LogP contribution in [0.5, 0.6) is 0 Å². The number of nitrogens with zero attached hydrogens (tertiary/aromatic N) is 4. The van der Waals surface area contributed by atoms with Crippen LogP contribution in [0.3, 0.4) is 0 Å². The van der Waals surface area contributed by atoms with Crippen molar-refractivity contribution in [3.63, 3.8) is 0 Å². The van der Waals surface area contributed by atoms with Gasteiger partial charge in [0.1, 0.15) is 11.2 Å². The molecule has 4 aromatic heterocycles. The molecule has 10 aromatic rings. The van der Waals surface area contributed by atoms with Gasteiger partial charge in [-0.05, 0) is 113 Å². The molecule has 0 amide bonds. The average molecular weight is 854 g/mol. The first kappa shape index (κ1) is 14.6. The minimum Gasteiger partial charge on any atom is -0.455 e. The highest BCUT2D eigenvalue weighted by molar-refractivity contribution is 6.13. The quantitative estimate of drug-likeness (QED) is 0.115. The number of pyridine rings is 3. The third-order valence-corrected chi connectivity index (χ3v) is 8.52. The normalized spacial score (nSPS) is 21.9. The number of benzene rings is 6. The van der Waals surface area contributed by atoms with Gasteiger partial charge in [0.25, 0.3) is 0 Å². The van der Waals surface area contributed by atoms with Crippen molar-refractivity contribution in [3.8, 4) is 51.0 Å². The van der Waals surface area contributed by atoms with Crippen LogP contribution in [0.4, 0.5) is 0 Å². The van der Waals surface area contributed by atoms with Gasteiger partial charge in [-0.1, -0.05) is 139 Å². The molecule has 5 nitrogen and oxygen atoms in total. The molecule has 6 aromatic carbocycles. The maximum absolute atomic E-state index is 10.4. The minimum atomic E-state index is -4.52. The van der Waals surface area contributed by atoms with Gasteiger partial charge in [0, 0.05) is 68.0 Å². The van der Waals surface area contributed by atoms with E-state index in [-0.39, 0.29) is 0 Å². The summed E-state index contributed by atoms with van der Waals surface area (Å²) >= 11 is 0. The number of aromatic nitrogens is 3. The summed E-state index contributed by atoms with van der Waals surface area (Å²) in [5.74, 6) is 0. The van der Waals surface area contributed by atoms with Gasteiger partial charge >= 0.3 is 0 Å². The molecule has 0 saturated heterocycles. The second kappa shape index (κ2) is 18.0. The fourth-order valence-corrected chi connectivity index (χ4v) is 5.73. The molecule has 0 atom stereocenters. The van der Waals surface area contributed by atoms with Gasteiger partial charge in [-0.2, -0.15) is 5.26 Å². The van der Waals surface area contributed by atoms with Crippen molar-refractivity contribution in [1.82, 2.24) is 15.0 Å². The Morgan fingerprint density at radius 2 is 0.921 bits per heavy atom. The topological polar surface area (TPSA) is 75.6 Å². The Hall–Kier alpha value is -7.94. The van der Waals surface area contributed by atoms with Crippen molar-refractivity contribution in [1.29, 1.82) is 5.26 Å². The third kappa shape index (κ3) is 8.66. The Morgan fingerprint density at radius 3 is 1.48 bits per heavy atom. The number of fused-ring (bicyclic) bond motifs is 3. The zero-order chi connectivity index (χ0) is 78.4. The number of hydrogen-bond acceptors (Lipinski definition) is 5. The molecule has 0 aliphatic carbocycles. The van der Waals surface area contributed by atoms with E-state index < -0.39 is 320 Å². The predicted octanol–water partition coefficient (Wildman–Crippen LogP) is 13.7. The molecule has 0 aliphatic heterocycles. The molecule has 0 unspecified atom stereocenters. The molecule has 0 aliphatic rings. The van der Waals surface area contributed by atoms with E-state index in [0.717, 1.165) is 18.2 Å². The number of furan rings is 1. The van der Waals surface area contributed by atoms with Gasteiger partial charge in [-0.15, -0.1) is 0 Å². The summed E-state index contributed by atoms with van der Waals surface area (Å²) in [4.78, 5) is 11.5. The average Bonchev–Trinajstić information content (AvgIpc) is 0.753. The molecular formula is C58H44N4O. The van der Waals surface area contributed by atoms with Crippen LogP contribution in [0.15, 0.2) is 198 Å².